The molecule has 0 radical (unpaired) electrons. The van der Waals surface area contributed by atoms with Gasteiger partial charge in [-0.2, -0.15) is 0 Å². The summed E-state index contributed by atoms with van der Waals surface area (Å²) in [6.45, 7) is 2.53. The quantitative estimate of drug-likeness (QED) is 0.866. The molecule has 1 amide bonds. The number of nitrogens with zero attached hydrogens (tertiary/aromatic N) is 2. The molecule has 0 spiro atoms. The normalized spacial score (nSPS) is 18.6. The molecule has 1 saturated heterocycles. The molecule has 1 atom stereocenters. The standard InChI is InChI=1S/C15H20N4O2/c1-16-8-10-5-6-19(9-10)14(20)11-3-4-13-12(7-11)17-15(21)18(13)2/h3-4,7,10,16H,5-6,8-9H2,1-2H3,(H,17,21)/t10-/m1/s1. The van der Waals surface area contributed by atoms with Crippen molar-refractivity contribution in [3.05, 3.63) is 34.2 Å². The van der Waals surface area contributed by atoms with Crippen LogP contribution in [0.5, 0.6) is 0 Å². The molecule has 112 valence electrons. The minimum Gasteiger partial charge on any atom is -0.338 e. The van der Waals surface area contributed by atoms with Crippen LogP contribution in [0.3, 0.4) is 0 Å². The largest absolute Gasteiger partial charge is 0.338 e. The molecule has 0 saturated carbocycles. The maximum Gasteiger partial charge on any atom is 0.326 e. The highest BCUT2D eigenvalue weighted by molar-refractivity contribution is 5.97. The van der Waals surface area contributed by atoms with Crippen molar-refractivity contribution in [2.75, 3.05) is 26.7 Å². The van der Waals surface area contributed by atoms with E-state index in [1.165, 1.54) is 0 Å². The van der Waals surface area contributed by atoms with Crippen molar-refractivity contribution < 1.29 is 4.79 Å². The van der Waals surface area contributed by atoms with E-state index in [-0.39, 0.29) is 11.6 Å². The summed E-state index contributed by atoms with van der Waals surface area (Å²) < 4.78 is 1.54. The number of rotatable bonds is 3. The molecule has 1 aliphatic heterocycles. The monoisotopic (exact) mass is 288 g/mol. The zero-order chi connectivity index (χ0) is 15.0. The lowest BCUT2D eigenvalue weighted by Gasteiger charge is -2.16. The van der Waals surface area contributed by atoms with Gasteiger partial charge in [-0.15, -0.1) is 0 Å². The molecule has 2 heterocycles. The van der Waals surface area contributed by atoms with Crippen LogP contribution in [-0.2, 0) is 7.05 Å². The SMILES string of the molecule is CNC[C@H]1CCN(C(=O)c2ccc3c(c2)[nH]c(=O)n3C)C1. The molecule has 21 heavy (non-hydrogen) atoms. The van der Waals surface area contributed by atoms with Gasteiger partial charge in [-0.3, -0.25) is 9.36 Å². The average Bonchev–Trinajstić information content (AvgIpc) is 3.04. The van der Waals surface area contributed by atoms with E-state index in [4.69, 9.17) is 0 Å². The number of carbonyl (C=O) groups excluding carboxylic acids is 1. The fourth-order valence-corrected chi connectivity index (χ4v) is 3.03. The number of H-pyrrole nitrogens is 1. The van der Waals surface area contributed by atoms with Crippen molar-refractivity contribution in [2.24, 2.45) is 13.0 Å². The highest BCUT2D eigenvalue weighted by atomic mass is 16.2. The minimum atomic E-state index is -0.162. The lowest BCUT2D eigenvalue weighted by molar-refractivity contribution is 0.0787. The van der Waals surface area contributed by atoms with E-state index in [9.17, 15) is 9.59 Å². The second kappa shape index (κ2) is 5.37. The smallest absolute Gasteiger partial charge is 0.326 e. The van der Waals surface area contributed by atoms with E-state index in [1.807, 2.05) is 18.0 Å². The number of nitrogens with one attached hydrogen (secondary N) is 2. The molecule has 2 N–H and O–H groups in total. The van der Waals surface area contributed by atoms with Crippen molar-refractivity contribution in [2.45, 2.75) is 6.42 Å². The third-order valence-corrected chi connectivity index (χ3v) is 4.22. The molecule has 1 aromatic heterocycles. The number of aryl methyl sites for hydroxylation is 1. The van der Waals surface area contributed by atoms with Gasteiger partial charge in [0.2, 0.25) is 0 Å². The van der Waals surface area contributed by atoms with E-state index in [2.05, 4.69) is 10.3 Å². The van der Waals surface area contributed by atoms with Crippen LogP contribution >= 0.6 is 0 Å². The third-order valence-electron chi connectivity index (χ3n) is 4.22. The molecule has 0 aliphatic carbocycles. The number of aromatic nitrogens is 2. The number of hydrogen-bond donors (Lipinski definition) is 2. The molecular weight excluding hydrogens is 268 g/mol. The predicted molar refractivity (Wildman–Crippen MR) is 81.5 cm³/mol. The van der Waals surface area contributed by atoms with Crippen LogP contribution < -0.4 is 11.0 Å². The Hall–Kier alpha value is -2.08. The van der Waals surface area contributed by atoms with Gasteiger partial charge in [0.25, 0.3) is 5.91 Å². The van der Waals surface area contributed by atoms with Crippen molar-refractivity contribution in [1.29, 1.82) is 0 Å². The van der Waals surface area contributed by atoms with E-state index in [0.29, 0.717) is 17.0 Å². The number of imidazole rings is 1. The van der Waals surface area contributed by atoms with Crippen LogP contribution in [0.4, 0.5) is 0 Å². The lowest BCUT2D eigenvalue weighted by Crippen LogP contribution is -2.30. The first-order valence-corrected chi connectivity index (χ1v) is 7.23. The summed E-state index contributed by atoms with van der Waals surface area (Å²) >= 11 is 0. The third kappa shape index (κ3) is 2.47. The Labute approximate surface area is 122 Å². The molecule has 1 fully saturated rings. The van der Waals surface area contributed by atoms with E-state index in [0.717, 1.165) is 31.6 Å². The zero-order valence-corrected chi connectivity index (χ0v) is 12.3. The van der Waals surface area contributed by atoms with Crippen LogP contribution in [0.15, 0.2) is 23.0 Å². The predicted octanol–water partition coefficient (Wildman–Crippen LogP) is 0.548. The number of hydrogen-bond acceptors (Lipinski definition) is 3. The minimum absolute atomic E-state index is 0.0419. The van der Waals surface area contributed by atoms with Crippen LogP contribution in [0.25, 0.3) is 11.0 Å². The van der Waals surface area contributed by atoms with Crippen molar-refractivity contribution in [3.8, 4) is 0 Å². The summed E-state index contributed by atoms with van der Waals surface area (Å²) in [7, 11) is 3.65. The zero-order valence-electron chi connectivity index (χ0n) is 12.3. The molecule has 2 aromatic rings. The Kier molecular flexibility index (Phi) is 3.55. The van der Waals surface area contributed by atoms with E-state index >= 15 is 0 Å². The van der Waals surface area contributed by atoms with E-state index in [1.54, 1.807) is 23.7 Å². The Morgan fingerprint density at radius 3 is 3.05 bits per heavy atom. The van der Waals surface area contributed by atoms with Gasteiger partial charge in [0.1, 0.15) is 0 Å². The summed E-state index contributed by atoms with van der Waals surface area (Å²) in [5, 5.41) is 3.16. The molecule has 1 aliphatic rings. The molecule has 0 bridgehead atoms. The Morgan fingerprint density at radius 2 is 2.29 bits per heavy atom. The first-order chi connectivity index (χ1) is 10.1. The highest BCUT2D eigenvalue weighted by Crippen LogP contribution is 2.20. The maximum absolute atomic E-state index is 12.5. The average molecular weight is 288 g/mol. The van der Waals surface area contributed by atoms with E-state index < -0.39 is 0 Å². The number of likely N-dealkylation sites (tertiary alicyclic amines) is 1. The summed E-state index contributed by atoms with van der Waals surface area (Å²) in [4.78, 5) is 28.8. The number of aromatic amines is 1. The van der Waals surface area contributed by atoms with Gasteiger partial charge in [-0.1, -0.05) is 0 Å². The summed E-state index contributed by atoms with van der Waals surface area (Å²) in [5.74, 6) is 0.569. The molecule has 3 rings (SSSR count). The van der Waals surface area contributed by atoms with Crippen LogP contribution in [0, 0.1) is 5.92 Å². The molecule has 0 unspecified atom stereocenters. The van der Waals surface area contributed by atoms with Crippen LogP contribution in [-0.4, -0.2) is 47.0 Å². The molecule has 6 heteroatoms. The fourth-order valence-electron chi connectivity index (χ4n) is 3.03. The molecule has 1 aromatic carbocycles. The molecular formula is C15H20N4O2. The number of amides is 1. The van der Waals surface area contributed by atoms with Crippen LogP contribution in [0.1, 0.15) is 16.8 Å². The van der Waals surface area contributed by atoms with Gasteiger partial charge < -0.3 is 15.2 Å². The second-order valence-corrected chi connectivity index (χ2v) is 5.68. The Balaban J connectivity index is 1.84. The van der Waals surface area contributed by atoms with Gasteiger partial charge in [0, 0.05) is 25.7 Å². The number of carbonyl (C=O) groups is 1. The number of fused-ring (bicyclic) bond motifs is 1. The van der Waals surface area contributed by atoms with Gasteiger partial charge in [-0.05, 0) is 44.1 Å². The van der Waals surface area contributed by atoms with Gasteiger partial charge in [-0.25, -0.2) is 4.79 Å². The van der Waals surface area contributed by atoms with Crippen molar-refractivity contribution >= 4 is 16.9 Å². The summed E-state index contributed by atoms with van der Waals surface area (Å²) in [6.07, 6.45) is 1.04. The number of benzene rings is 1. The van der Waals surface area contributed by atoms with Crippen molar-refractivity contribution in [1.82, 2.24) is 19.8 Å². The lowest BCUT2D eigenvalue weighted by atomic mass is 10.1. The first-order valence-electron chi connectivity index (χ1n) is 7.23. The summed E-state index contributed by atoms with van der Waals surface area (Å²) in [6, 6.07) is 5.38. The second-order valence-electron chi connectivity index (χ2n) is 5.68. The maximum atomic E-state index is 12.5. The Morgan fingerprint density at radius 1 is 1.48 bits per heavy atom. The van der Waals surface area contributed by atoms with Crippen molar-refractivity contribution in [3.63, 3.8) is 0 Å². The highest BCUT2D eigenvalue weighted by Gasteiger charge is 2.26. The molecule has 6 nitrogen and oxygen atoms in total. The topological polar surface area (TPSA) is 70.1 Å². The van der Waals surface area contributed by atoms with Crippen LogP contribution in [0.2, 0.25) is 0 Å². The fraction of sp³-hybridized carbons (Fsp3) is 0.467. The first kappa shape index (κ1) is 13.9. The van der Waals surface area contributed by atoms with Gasteiger partial charge in [0.05, 0.1) is 11.0 Å². The van der Waals surface area contributed by atoms with Gasteiger partial charge >= 0.3 is 5.69 Å². The summed E-state index contributed by atoms with van der Waals surface area (Å²) in [5.41, 5.74) is 1.99. The van der Waals surface area contributed by atoms with Gasteiger partial charge in [0.15, 0.2) is 0 Å². The Bertz CT molecular complexity index is 731.